The molecule has 31 heavy (non-hydrogen) atoms. The van der Waals surface area contributed by atoms with Crippen LogP contribution in [0.4, 0.5) is 15.8 Å². The number of sulfonamides is 1. The van der Waals surface area contributed by atoms with E-state index in [1.807, 2.05) is 0 Å². The second-order valence-electron chi connectivity index (χ2n) is 6.96. The zero-order valence-electron chi connectivity index (χ0n) is 16.8. The number of hydrogen-bond acceptors (Lipinski definition) is 5. The van der Waals surface area contributed by atoms with Crippen LogP contribution in [0.5, 0.6) is 11.5 Å². The summed E-state index contributed by atoms with van der Waals surface area (Å²) in [5.41, 5.74) is 1.58. The normalized spacial score (nSPS) is 12.5. The van der Waals surface area contributed by atoms with Crippen LogP contribution in [0.3, 0.4) is 0 Å². The summed E-state index contributed by atoms with van der Waals surface area (Å²) in [6, 6.07) is 15.6. The quantitative estimate of drug-likeness (QED) is 0.649. The Morgan fingerprint density at radius 3 is 2.52 bits per heavy atom. The maximum Gasteiger partial charge on any atom is 0.255 e. The molecule has 1 amide bonds. The highest BCUT2D eigenvalue weighted by Crippen LogP contribution is 2.35. The first-order valence-electron chi connectivity index (χ1n) is 9.28. The summed E-state index contributed by atoms with van der Waals surface area (Å²) >= 11 is 0. The van der Waals surface area contributed by atoms with Crippen molar-refractivity contribution in [3.63, 3.8) is 0 Å². The maximum absolute atomic E-state index is 14.3. The zero-order chi connectivity index (χ0) is 22.2. The number of amides is 1. The lowest BCUT2D eigenvalue weighted by Crippen LogP contribution is -2.26. The lowest BCUT2D eigenvalue weighted by Gasteiger charge is -2.21. The van der Waals surface area contributed by atoms with E-state index in [2.05, 4.69) is 5.32 Å². The number of rotatable bonds is 5. The van der Waals surface area contributed by atoms with Crippen LogP contribution in [0.1, 0.15) is 10.4 Å². The highest BCUT2D eigenvalue weighted by molar-refractivity contribution is 7.92. The van der Waals surface area contributed by atoms with Crippen LogP contribution in [-0.2, 0) is 10.0 Å². The third kappa shape index (κ3) is 4.17. The Morgan fingerprint density at radius 2 is 1.77 bits per heavy atom. The molecule has 1 aliphatic rings. The molecule has 0 saturated carbocycles. The smallest absolute Gasteiger partial charge is 0.255 e. The second kappa shape index (κ2) is 7.92. The average molecular weight is 442 g/mol. The van der Waals surface area contributed by atoms with Crippen molar-refractivity contribution in [1.82, 2.24) is 0 Å². The molecule has 7 nitrogen and oxygen atoms in total. The van der Waals surface area contributed by atoms with E-state index in [-0.39, 0.29) is 18.2 Å². The lowest BCUT2D eigenvalue weighted by atomic mass is 10.0. The zero-order valence-corrected chi connectivity index (χ0v) is 17.6. The fourth-order valence-corrected chi connectivity index (χ4v) is 3.70. The second-order valence-corrected chi connectivity index (χ2v) is 8.98. The molecule has 0 radical (unpaired) electrons. The summed E-state index contributed by atoms with van der Waals surface area (Å²) in [6.45, 7) is 0.0778. The number of hydrogen-bond donors (Lipinski definition) is 1. The van der Waals surface area contributed by atoms with Gasteiger partial charge in [0.05, 0.1) is 17.6 Å². The van der Waals surface area contributed by atoms with Crippen molar-refractivity contribution in [2.45, 2.75) is 0 Å². The third-order valence-corrected chi connectivity index (χ3v) is 6.09. The Bertz CT molecular complexity index is 1280. The summed E-state index contributed by atoms with van der Waals surface area (Å²) in [6.07, 6.45) is 1.06. The van der Waals surface area contributed by atoms with E-state index in [4.69, 9.17) is 9.47 Å². The number of fused-ring (bicyclic) bond motifs is 1. The van der Waals surface area contributed by atoms with E-state index in [1.165, 1.54) is 19.2 Å². The molecule has 0 saturated heterocycles. The Labute approximate surface area is 179 Å². The molecule has 3 aromatic carbocycles. The van der Waals surface area contributed by atoms with E-state index in [9.17, 15) is 17.6 Å². The van der Waals surface area contributed by atoms with Gasteiger partial charge in [-0.3, -0.25) is 9.10 Å². The van der Waals surface area contributed by atoms with Crippen LogP contribution >= 0.6 is 0 Å². The van der Waals surface area contributed by atoms with Crippen LogP contribution in [-0.4, -0.2) is 34.4 Å². The van der Waals surface area contributed by atoms with Gasteiger partial charge in [-0.2, -0.15) is 0 Å². The van der Waals surface area contributed by atoms with Crippen LogP contribution in [0, 0.1) is 5.82 Å². The Hall–Kier alpha value is -3.59. The van der Waals surface area contributed by atoms with Gasteiger partial charge < -0.3 is 14.8 Å². The van der Waals surface area contributed by atoms with Crippen molar-refractivity contribution in [1.29, 1.82) is 0 Å². The first-order valence-corrected chi connectivity index (χ1v) is 11.1. The van der Waals surface area contributed by atoms with Crippen molar-refractivity contribution in [2.75, 3.05) is 29.7 Å². The van der Waals surface area contributed by atoms with Crippen molar-refractivity contribution in [2.24, 2.45) is 0 Å². The van der Waals surface area contributed by atoms with Gasteiger partial charge in [-0.25, -0.2) is 12.8 Å². The van der Waals surface area contributed by atoms with Gasteiger partial charge in [0, 0.05) is 18.2 Å². The molecular formula is C22H19FN2O5S. The van der Waals surface area contributed by atoms with Gasteiger partial charge in [0.2, 0.25) is 16.8 Å². The van der Waals surface area contributed by atoms with E-state index >= 15 is 0 Å². The molecule has 0 aromatic heterocycles. The van der Waals surface area contributed by atoms with Crippen LogP contribution < -0.4 is 19.1 Å². The summed E-state index contributed by atoms with van der Waals surface area (Å²) in [4.78, 5) is 12.9. The molecule has 0 fully saturated rings. The van der Waals surface area contributed by atoms with Gasteiger partial charge in [0.1, 0.15) is 5.82 Å². The summed E-state index contributed by atoms with van der Waals surface area (Å²) in [5.74, 6) is 0.0729. The van der Waals surface area contributed by atoms with Crippen molar-refractivity contribution in [3.05, 3.63) is 72.0 Å². The molecule has 9 heteroatoms. The molecule has 1 aliphatic heterocycles. The number of ether oxygens (including phenoxy) is 2. The number of carbonyl (C=O) groups is 1. The molecule has 0 bridgehead atoms. The van der Waals surface area contributed by atoms with Gasteiger partial charge >= 0.3 is 0 Å². The number of nitrogens with zero attached hydrogens (tertiary/aromatic N) is 1. The molecule has 0 unspecified atom stereocenters. The molecular weight excluding hydrogens is 423 g/mol. The van der Waals surface area contributed by atoms with Gasteiger partial charge in [0.25, 0.3) is 5.91 Å². The predicted molar refractivity (Wildman–Crippen MR) is 116 cm³/mol. The van der Waals surface area contributed by atoms with Crippen LogP contribution in [0.15, 0.2) is 60.7 Å². The standard InChI is InChI=1S/C22H19FN2O5S/c1-25(31(2,27)28)19-9-7-14(16-5-3-4-6-17(16)23)11-18(19)24-22(26)15-8-10-20-21(12-15)30-13-29-20/h3-12H,13H2,1-2H3,(H,24,26). The third-order valence-electron chi connectivity index (χ3n) is 4.90. The SMILES string of the molecule is CN(c1ccc(-c2ccccc2F)cc1NC(=O)c1ccc2c(c1)OCO2)S(C)(=O)=O. The van der Waals surface area contributed by atoms with E-state index in [1.54, 1.807) is 48.5 Å². The van der Waals surface area contributed by atoms with Crippen LogP contribution in [0.2, 0.25) is 0 Å². The largest absolute Gasteiger partial charge is 0.454 e. The van der Waals surface area contributed by atoms with E-state index in [0.717, 1.165) is 10.6 Å². The minimum Gasteiger partial charge on any atom is -0.454 e. The van der Waals surface area contributed by atoms with Gasteiger partial charge in [-0.05, 0) is 42.0 Å². The van der Waals surface area contributed by atoms with Crippen LogP contribution in [0.25, 0.3) is 11.1 Å². The van der Waals surface area contributed by atoms with Crippen molar-refractivity contribution >= 4 is 27.3 Å². The topological polar surface area (TPSA) is 84.9 Å². The molecule has 1 N–H and O–H groups in total. The summed E-state index contributed by atoms with van der Waals surface area (Å²) in [5, 5.41) is 2.74. The Kier molecular flexibility index (Phi) is 5.28. The molecule has 1 heterocycles. The Morgan fingerprint density at radius 1 is 1.03 bits per heavy atom. The van der Waals surface area contributed by atoms with Crippen molar-refractivity contribution in [3.8, 4) is 22.6 Å². The minimum absolute atomic E-state index is 0.0778. The lowest BCUT2D eigenvalue weighted by molar-refractivity contribution is 0.102. The first kappa shape index (κ1) is 20.7. The number of carbonyl (C=O) groups excluding carboxylic acids is 1. The number of nitrogens with one attached hydrogen (secondary N) is 1. The fraction of sp³-hybridized carbons (Fsp3) is 0.136. The highest BCUT2D eigenvalue weighted by Gasteiger charge is 2.21. The minimum atomic E-state index is -3.60. The first-order chi connectivity index (χ1) is 14.7. The monoisotopic (exact) mass is 442 g/mol. The van der Waals surface area contributed by atoms with E-state index < -0.39 is 21.7 Å². The summed E-state index contributed by atoms with van der Waals surface area (Å²) in [7, 11) is -2.22. The molecule has 0 spiro atoms. The molecule has 0 aliphatic carbocycles. The van der Waals surface area contributed by atoms with E-state index in [0.29, 0.717) is 28.2 Å². The number of halogens is 1. The van der Waals surface area contributed by atoms with Gasteiger partial charge in [-0.15, -0.1) is 0 Å². The molecule has 3 aromatic rings. The van der Waals surface area contributed by atoms with Gasteiger partial charge in [0.15, 0.2) is 11.5 Å². The van der Waals surface area contributed by atoms with Gasteiger partial charge in [-0.1, -0.05) is 24.3 Å². The summed E-state index contributed by atoms with van der Waals surface area (Å²) < 4.78 is 50.1. The van der Waals surface area contributed by atoms with Crippen molar-refractivity contribution < 1.29 is 27.1 Å². The number of benzene rings is 3. The Balaban J connectivity index is 1.75. The maximum atomic E-state index is 14.3. The average Bonchev–Trinajstić information content (AvgIpc) is 3.21. The number of anilines is 2. The predicted octanol–water partition coefficient (Wildman–Crippen LogP) is 3.87. The fourth-order valence-electron chi connectivity index (χ4n) is 3.18. The molecule has 4 rings (SSSR count). The molecule has 0 atom stereocenters. The molecule has 160 valence electrons. The highest BCUT2D eigenvalue weighted by atomic mass is 32.2.